The molecule has 1 saturated carbocycles. The number of piperidine rings is 1. The number of likely N-dealkylation sites (tertiary alicyclic amines) is 1. The van der Waals surface area contributed by atoms with Crippen molar-refractivity contribution in [2.24, 2.45) is 0 Å². The molecule has 2 fully saturated rings. The van der Waals surface area contributed by atoms with E-state index in [-0.39, 0.29) is 17.8 Å². The number of nitrogens with zero attached hydrogens (tertiary/aromatic N) is 2. The molecule has 0 spiro atoms. The van der Waals surface area contributed by atoms with Gasteiger partial charge < -0.3 is 10.1 Å². The Hall–Kier alpha value is -2.70. The van der Waals surface area contributed by atoms with Gasteiger partial charge in [-0.05, 0) is 80.6 Å². The molecule has 2 heterocycles. The minimum atomic E-state index is -0.447. The molecule has 1 aliphatic heterocycles. The van der Waals surface area contributed by atoms with Gasteiger partial charge in [-0.2, -0.15) is 0 Å². The van der Waals surface area contributed by atoms with Gasteiger partial charge in [-0.3, -0.25) is 14.7 Å². The molecule has 1 N–H and O–H groups in total. The minimum Gasteiger partial charge on any atom is -0.490 e. The van der Waals surface area contributed by atoms with Crippen molar-refractivity contribution in [3.8, 4) is 5.75 Å². The fraction of sp³-hybridized carbons (Fsp3) is 0.360. The predicted octanol–water partition coefficient (Wildman–Crippen LogP) is 5.43. The van der Waals surface area contributed by atoms with Crippen LogP contribution in [0, 0.1) is 5.82 Å². The highest BCUT2D eigenvalue weighted by atomic mass is 35.5. The number of anilines is 1. The second kappa shape index (κ2) is 8.68. The second-order valence-corrected chi connectivity index (χ2v) is 9.06. The Labute approximate surface area is 191 Å². The van der Waals surface area contributed by atoms with Gasteiger partial charge in [0, 0.05) is 35.4 Å². The predicted molar refractivity (Wildman–Crippen MR) is 124 cm³/mol. The lowest BCUT2D eigenvalue weighted by Gasteiger charge is -2.51. The molecule has 5 rings (SSSR count). The normalized spacial score (nSPS) is 18.8. The number of nitrogens with one attached hydrogen (secondary N) is 1. The first-order chi connectivity index (χ1) is 15.5. The maximum Gasteiger partial charge on any atom is 0.244 e. The van der Waals surface area contributed by atoms with Crippen LogP contribution >= 0.6 is 11.6 Å². The number of benzene rings is 2. The number of fused-ring (bicyclic) bond motifs is 1. The molecule has 32 heavy (non-hydrogen) atoms. The molecule has 1 aromatic heterocycles. The minimum absolute atomic E-state index is 0.0246. The number of pyridine rings is 1. The zero-order valence-electron chi connectivity index (χ0n) is 17.7. The van der Waals surface area contributed by atoms with E-state index in [0.29, 0.717) is 21.7 Å². The summed E-state index contributed by atoms with van der Waals surface area (Å²) in [4.78, 5) is 19.8. The summed E-state index contributed by atoms with van der Waals surface area (Å²) in [5.74, 6) is 0.414. The van der Waals surface area contributed by atoms with Gasteiger partial charge in [-0.25, -0.2) is 4.39 Å². The van der Waals surface area contributed by atoms with Crippen molar-refractivity contribution in [3.63, 3.8) is 0 Å². The molecule has 0 radical (unpaired) electrons. The number of halogens is 2. The van der Waals surface area contributed by atoms with Crippen LogP contribution in [0.3, 0.4) is 0 Å². The van der Waals surface area contributed by atoms with E-state index in [4.69, 9.17) is 16.3 Å². The zero-order valence-corrected chi connectivity index (χ0v) is 18.4. The van der Waals surface area contributed by atoms with Gasteiger partial charge in [0.25, 0.3) is 0 Å². The van der Waals surface area contributed by atoms with Gasteiger partial charge >= 0.3 is 0 Å². The van der Waals surface area contributed by atoms with Crippen molar-refractivity contribution in [1.29, 1.82) is 0 Å². The first kappa shape index (κ1) is 21.2. The van der Waals surface area contributed by atoms with Crippen molar-refractivity contribution in [1.82, 2.24) is 9.88 Å². The summed E-state index contributed by atoms with van der Waals surface area (Å²) in [6.07, 6.45) is 6.13. The molecular weight excluding hydrogens is 429 g/mol. The van der Waals surface area contributed by atoms with E-state index in [9.17, 15) is 9.18 Å². The van der Waals surface area contributed by atoms with Crippen molar-refractivity contribution in [3.05, 3.63) is 65.6 Å². The third kappa shape index (κ3) is 4.05. The third-order valence-corrected chi connectivity index (χ3v) is 6.96. The molecule has 0 atom stereocenters. The smallest absolute Gasteiger partial charge is 0.244 e. The summed E-state index contributed by atoms with van der Waals surface area (Å²) >= 11 is 5.96. The van der Waals surface area contributed by atoms with Gasteiger partial charge in [0.05, 0.1) is 5.52 Å². The van der Waals surface area contributed by atoms with Gasteiger partial charge in [-0.1, -0.05) is 11.6 Å². The Kier molecular flexibility index (Phi) is 5.74. The van der Waals surface area contributed by atoms with E-state index < -0.39 is 5.54 Å². The Balaban J connectivity index is 1.24. The second-order valence-electron chi connectivity index (χ2n) is 8.62. The molecule has 0 unspecified atom stereocenters. The summed E-state index contributed by atoms with van der Waals surface area (Å²) in [6.45, 7) is 1.58. The van der Waals surface area contributed by atoms with Crippen molar-refractivity contribution in [2.75, 3.05) is 18.4 Å². The zero-order chi connectivity index (χ0) is 22.1. The summed E-state index contributed by atoms with van der Waals surface area (Å²) in [5.41, 5.74) is 1.03. The number of amides is 1. The molecule has 2 aliphatic rings. The van der Waals surface area contributed by atoms with E-state index >= 15 is 0 Å². The van der Waals surface area contributed by atoms with Crippen LogP contribution < -0.4 is 10.1 Å². The standard InChI is InChI=1S/C25H25ClFN3O2/c26-17-2-5-19(6-3-17)29-24(31)25(11-1-12-25)30-14-9-20(10-15-30)32-23-8-13-28-22-7-4-18(27)16-21(22)23/h2-8,13,16,20H,1,9-12,14-15H2,(H,29,31). The number of ether oxygens (including phenoxy) is 1. The average Bonchev–Trinajstić information content (AvgIpc) is 2.76. The van der Waals surface area contributed by atoms with Crippen LogP contribution in [-0.4, -0.2) is 40.5 Å². The van der Waals surface area contributed by atoms with Crippen LogP contribution in [-0.2, 0) is 4.79 Å². The summed E-state index contributed by atoms with van der Waals surface area (Å²) < 4.78 is 20.0. The Morgan fingerprint density at radius 3 is 2.56 bits per heavy atom. The molecule has 1 saturated heterocycles. The molecular formula is C25H25ClFN3O2. The maximum atomic E-state index is 13.7. The molecule has 5 nitrogen and oxygen atoms in total. The Bertz CT molecular complexity index is 1130. The number of aromatic nitrogens is 1. The molecule has 1 amide bonds. The first-order valence-corrected chi connectivity index (χ1v) is 11.4. The van der Waals surface area contributed by atoms with Crippen molar-refractivity contribution in [2.45, 2.75) is 43.7 Å². The molecule has 166 valence electrons. The lowest BCUT2D eigenvalue weighted by molar-refractivity contribution is -0.136. The van der Waals surface area contributed by atoms with Gasteiger partial charge in [-0.15, -0.1) is 0 Å². The monoisotopic (exact) mass is 453 g/mol. The van der Waals surface area contributed by atoms with Crippen molar-refractivity contribution >= 4 is 34.1 Å². The topological polar surface area (TPSA) is 54.5 Å². The van der Waals surface area contributed by atoms with Crippen molar-refractivity contribution < 1.29 is 13.9 Å². The molecule has 7 heteroatoms. The van der Waals surface area contributed by atoms with Crippen LogP contribution in [0.25, 0.3) is 10.9 Å². The summed E-state index contributed by atoms with van der Waals surface area (Å²) in [6, 6.07) is 13.6. The Morgan fingerprint density at radius 2 is 1.88 bits per heavy atom. The highest BCUT2D eigenvalue weighted by Crippen LogP contribution is 2.41. The lowest BCUT2D eigenvalue weighted by atomic mass is 9.73. The quantitative estimate of drug-likeness (QED) is 0.559. The van der Waals surface area contributed by atoms with Gasteiger partial charge in [0.1, 0.15) is 23.2 Å². The van der Waals surface area contributed by atoms with E-state index in [0.717, 1.165) is 50.9 Å². The summed E-state index contributed by atoms with van der Waals surface area (Å²) in [7, 11) is 0. The maximum absolute atomic E-state index is 13.7. The SMILES string of the molecule is O=C(Nc1ccc(Cl)cc1)C1(N2CCC(Oc3ccnc4ccc(F)cc34)CC2)CCC1. The van der Waals surface area contributed by atoms with Gasteiger partial charge in [0.2, 0.25) is 5.91 Å². The fourth-order valence-electron chi connectivity index (χ4n) is 4.76. The average molecular weight is 454 g/mol. The van der Waals surface area contributed by atoms with Crippen LogP contribution in [0.2, 0.25) is 5.02 Å². The Morgan fingerprint density at radius 1 is 1.12 bits per heavy atom. The lowest BCUT2D eigenvalue weighted by Crippen LogP contribution is -2.63. The van der Waals surface area contributed by atoms with E-state index in [1.165, 1.54) is 12.1 Å². The van der Waals surface area contributed by atoms with Crippen LogP contribution in [0.5, 0.6) is 5.75 Å². The van der Waals surface area contributed by atoms with Gasteiger partial charge in [0.15, 0.2) is 0 Å². The molecule has 1 aliphatic carbocycles. The first-order valence-electron chi connectivity index (χ1n) is 11.1. The highest BCUT2D eigenvalue weighted by Gasteiger charge is 2.49. The number of rotatable bonds is 5. The number of carbonyl (C=O) groups excluding carboxylic acids is 1. The van der Waals surface area contributed by atoms with Crippen LogP contribution in [0.4, 0.5) is 10.1 Å². The van der Waals surface area contributed by atoms with E-state index in [1.807, 2.05) is 12.1 Å². The van der Waals surface area contributed by atoms with Crippen LogP contribution in [0.15, 0.2) is 54.7 Å². The summed E-state index contributed by atoms with van der Waals surface area (Å²) in [5, 5.41) is 4.41. The van der Waals surface area contributed by atoms with E-state index in [2.05, 4.69) is 15.2 Å². The molecule has 0 bridgehead atoms. The van der Waals surface area contributed by atoms with Crippen LogP contribution in [0.1, 0.15) is 32.1 Å². The van der Waals surface area contributed by atoms with E-state index in [1.54, 1.807) is 30.5 Å². The fourth-order valence-corrected chi connectivity index (χ4v) is 4.88. The highest BCUT2D eigenvalue weighted by molar-refractivity contribution is 6.30. The number of carbonyl (C=O) groups is 1. The molecule has 3 aromatic rings. The third-order valence-electron chi connectivity index (χ3n) is 6.71. The molecule has 2 aromatic carbocycles. The number of hydrogen-bond donors (Lipinski definition) is 1. The largest absolute Gasteiger partial charge is 0.490 e. The number of hydrogen-bond acceptors (Lipinski definition) is 4.